The maximum absolute atomic E-state index is 13.6. The van der Waals surface area contributed by atoms with Gasteiger partial charge in [0.25, 0.3) is 5.91 Å². The Balaban J connectivity index is 0.00000729. The Morgan fingerprint density at radius 3 is 1.90 bits per heavy atom. The first-order chi connectivity index (χ1) is 24.8. The van der Waals surface area contributed by atoms with Crippen molar-refractivity contribution in [3.63, 3.8) is 0 Å². The predicted octanol–water partition coefficient (Wildman–Crippen LogP) is 6.58. The first-order valence-corrected chi connectivity index (χ1v) is 19.7. The average Bonchev–Trinajstić information content (AvgIpc) is 3.43. The Bertz CT molecular complexity index is 1710. The minimum Gasteiger partial charge on any atom is -0.744 e. The molecule has 52 heavy (non-hydrogen) atoms. The van der Waals surface area contributed by atoms with Crippen molar-refractivity contribution in [2.24, 2.45) is 15.3 Å². The molecule has 1 unspecified atom stereocenters. The van der Waals surface area contributed by atoms with Gasteiger partial charge in [0.15, 0.2) is 5.84 Å². The molecule has 1 aliphatic heterocycles. The van der Waals surface area contributed by atoms with Gasteiger partial charge >= 0.3 is 29.6 Å². The van der Waals surface area contributed by atoms with Gasteiger partial charge in [-0.05, 0) is 48.9 Å². The molecular weight excluding hydrogens is 690 g/mol. The Labute approximate surface area is 330 Å². The van der Waals surface area contributed by atoms with Crippen molar-refractivity contribution < 1.29 is 56.9 Å². The summed E-state index contributed by atoms with van der Waals surface area (Å²) in [6.45, 7) is 2.25. The smallest absolute Gasteiger partial charge is 0.744 e. The molecule has 0 spiro atoms. The number of ether oxygens (including phenoxy) is 1. The van der Waals surface area contributed by atoms with Crippen LogP contribution in [0.1, 0.15) is 110 Å². The number of hydrogen-bond donors (Lipinski definition) is 1. The van der Waals surface area contributed by atoms with Crippen molar-refractivity contribution in [3.05, 3.63) is 78.9 Å². The first-order valence-electron chi connectivity index (χ1n) is 18.3. The summed E-state index contributed by atoms with van der Waals surface area (Å²) in [4.78, 5) is 25.9. The van der Waals surface area contributed by atoms with E-state index in [0.29, 0.717) is 17.9 Å². The normalized spacial score (nSPS) is 14.3. The standard InChI is InChI=1S/C39H51N5O6S.Na/c1-2-3-4-5-6-7-8-9-10-11-12-13-14-15-22-27-36(45)40-38-37(42-41-31-23-18-16-19-24-31)39(46)44(43-38)32-28-29-34(35(30-32)51(47,48)49)50-33-25-20-17-21-26-33;/h16-21,23-26,28-30,37H,2-15,22,27H2,1H3,(H,40,43,45)(H,47,48,49);/q;+1/p-1. The van der Waals surface area contributed by atoms with Crippen molar-refractivity contribution >= 4 is 39.1 Å². The second-order valence-electron chi connectivity index (χ2n) is 12.8. The molecule has 1 heterocycles. The summed E-state index contributed by atoms with van der Waals surface area (Å²) in [5.41, 5.74) is 0.482. The largest absolute Gasteiger partial charge is 1.00 e. The van der Waals surface area contributed by atoms with Crippen LogP contribution >= 0.6 is 0 Å². The van der Waals surface area contributed by atoms with E-state index in [-0.39, 0.29) is 59.2 Å². The molecule has 3 aromatic rings. The second-order valence-corrected chi connectivity index (χ2v) is 14.2. The third-order valence-corrected chi connectivity index (χ3v) is 9.50. The number of anilines is 1. The van der Waals surface area contributed by atoms with Gasteiger partial charge in [0.05, 0.1) is 16.3 Å². The van der Waals surface area contributed by atoms with Crippen LogP contribution < -0.4 is 44.6 Å². The van der Waals surface area contributed by atoms with Gasteiger partial charge < -0.3 is 14.6 Å². The Hall–Kier alpha value is -3.42. The summed E-state index contributed by atoms with van der Waals surface area (Å²) in [5.74, 6) is -0.907. The van der Waals surface area contributed by atoms with E-state index in [1.165, 1.54) is 82.8 Å². The number of amidine groups is 1. The second kappa shape index (κ2) is 23.3. The number of hydrogen-bond acceptors (Lipinski definition) is 9. The summed E-state index contributed by atoms with van der Waals surface area (Å²) < 4.78 is 42.4. The predicted molar refractivity (Wildman–Crippen MR) is 198 cm³/mol. The van der Waals surface area contributed by atoms with E-state index in [9.17, 15) is 22.6 Å². The molecule has 3 aromatic carbocycles. The minimum absolute atomic E-state index is 0. The number of benzene rings is 3. The number of rotatable bonds is 22. The van der Waals surface area contributed by atoms with Crippen molar-refractivity contribution in [2.75, 3.05) is 5.01 Å². The maximum atomic E-state index is 13.6. The zero-order valence-corrected chi connectivity index (χ0v) is 33.4. The maximum Gasteiger partial charge on any atom is 1.00 e. The molecule has 0 bridgehead atoms. The van der Waals surface area contributed by atoms with Gasteiger partial charge in [-0.2, -0.15) is 15.2 Å². The molecule has 0 saturated carbocycles. The molecule has 0 radical (unpaired) electrons. The summed E-state index contributed by atoms with van der Waals surface area (Å²) in [6, 6.07) is 19.6. The fourth-order valence-corrected chi connectivity index (χ4v) is 6.45. The van der Waals surface area contributed by atoms with Gasteiger partial charge in [0, 0.05) is 6.42 Å². The van der Waals surface area contributed by atoms with Crippen LogP contribution in [0.15, 0.2) is 99.1 Å². The minimum atomic E-state index is -5.02. The Kier molecular flexibility index (Phi) is 19.3. The topological polar surface area (TPSA) is 153 Å². The van der Waals surface area contributed by atoms with E-state index >= 15 is 0 Å². The fraction of sp³-hybridized carbons (Fsp3) is 0.462. The van der Waals surface area contributed by atoms with Crippen LogP contribution in [-0.4, -0.2) is 36.7 Å². The zero-order chi connectivity index (χ0) is 36.3. The van der Waals surface area contributed by atoms with Gasteiger partial charge in [-0.25, -0.2) is 8.42 Å². The number of azo groups is 1. The van der Waals surface area contributed by atoms with Crippen LogP contribution in [0.5, 0.6) is 11.5 Å². The molecule has 1 atom stereocenters. The molecule has 0 aliphatic carbocycles. The van der Waals surface area contributed by atoms with E-state index in [0.717, 1.165) is 30.3 Å². The monoisotopic (exact) mass is 739 g/mol. The zero-order valence-electron chi connectivity index (χ0n) is 30.5. The van der Waals surface area contributed by atoms with Gasteiger partial charge in [-0.1, -0.05) is 133 Å². The molecule has 1 aliphatic rings. The number of hydrazone groups is 1. The third-order valence-electron chi connectivity index (χ3n) is 8.64. The Morgan fingerprint density at radius 2 is 1.35 bits per heavy atom. The molecule has 4 rings (SSSR count). The van der Waals surface area contributed by atoms with Crippen LogP contribution in [0.4, 0.5) is 11.4 Å². The SMILES string of the molecule is CCCCCCCCCCCCCCCCCC(=O)NC1=NN(c2ccc(Oc3ccccc3)c(S(=O)(=O)[O-])c2)C(=O)C1N=Nc1ccccc1.[Na+]. The average molecular weight is 740 g/mol. The number of nitrogens with one attached hydrogen (secondary N) is 1. The molecular formula is C39H50N5NaO6S. The third kappa shape index (κ3) is 14.5. The van der Waals surface area contributed by atoms with Crippen LogP contribution in [0, 0.1) is 0 Å². The summed E-state index contributed by atoms with van der Waals surface area (Å²) in [5, 5.41) is 16.3. The van der Waals surface area contributed by atoms with Crippen molar-refractivity contribution in [1.82, 2.24) is 5.32 Å². The fourth-order valence-electron chi connectivity index (χ4n) is 5.83. The molecule has 0 saturated heterocycles. The molecule has 13 heteroatoms. The van der Waals surface area contributed by atoms with E-state index in [1.54, 1.807) is 54.6 Å². The van der Waals surface area contributed by atoms with Crippen molar-refractivity contribution in [3.8, 4) is 11.5 Å². The van der Waals surface area contributed by atoms with E-state index < -0.39 is 27.0 Å². The van der Waals surface area contributed by atoms with Crippen LogP contribution in [0.2, 0.25) is 0 Å². The number of nitrogens with zero attached hydrogens (tertiary/aromatic N) is 4. The van der Waals surface area contributed by atoms with E-state index in [1.807, 2.05) is 6.07 Å². The number of carbonyl (C=O) groups is 2. The molecule has 1 N–H and O–H groups in total. The number of para-hydroxylation sites is 1. The molecule has 0 aromatic heterocycles. The van der Waals surface area contributed by atoms with Crippen molar-refractivity contribution in [2.45, 2.75) is 121 Å². The van der Waals surface area contributed by atoms with Gasteiger partial charge in [-0.3, -0.25) is 9.59 Å². The molecule has 0 fully saturated rings. The quantitative estimate of drug-likeness (QED) is 0.0532. The summed E-state index contributed by atoms with van der Waals surface area (Å²) in [6.07, 6.45) is 18.6. The van der Waals surface area contributed by atoms with Crippen LogP contribution in [0.25, 0.3) is 0 Å². The summed E-state index contributed by atoms with van der Waals surface area (Å²) >= 11 is 0. The molecule has 2 amide bonds. The van der Waals surface area contributed by atoms with Crippen LogP contribution in [-0.2, 0) is 19.7 Å². The number of unbranched alkanes of at least 4 members (excludes halogenated alkanes) is 14. The van der Waals surface area contributed by atoms with Gasteiger partial charge in [0.2, 0.25) is 11.9 Å². The number of carbonyl (C=O) groups excluding carboxylic acids is 2. The van der Waals surface area contributed by atoms with Gasteiger partial charge in [-0.15, -0.1) is 5.10 Å². The number of amides is 2. The molecule has 11 nitrogen and oxygen atoms in total. The molecule has 274 valence electrons. The van der Waals surface area contributed by atoms with E-state index in [4.69, 9.17) is 4.74 Å². The van der Waals surface area contributed by atoms with Crippen LogP contribution in [0.3, 0.4) is 0 Å². The first kappa shape index (κ1) is 43.0. The summed E-state index contributed by atoms with van der Waals surface area (Å²) in [7, 11) is -5.02. The Morgan fingerprint density at radius 1 is 0.808 bits per heavy atom. The van der Waals surface area contributed by atoms with Crippen molar-refractivity contribution in [1.29, 1.82) is 0 Å². The van der Waals surface area contributed by atoms with Gasteiger partial charge in [0.1, 0.15) is 21.6 Å². The van der Waals surface area contributed by atoms with E-state index in [2.05, 4.69) is 27.6 Å².